The Balaban J connectivity index is 1.53. The number of amides is 2. The molecule has 1 aliphatic heterocycles. The Labute approximate surface area is 133 Å². The Bertz CT molecular complexity index is 640. The van der Waals surface area contributed by atoms with Crippen LogP contribution < -0.4 is 10.2 Å². The minimum absolute atomic E-state index is 0.0184. The molecule has 2 amide bonds. The number of aryl methyl sites for hydroxylation is 1. The van der Waals surface area contributed by atoms with E-state index in [0.29, 0.717) is 19.4 Å². The molecule has 1 fully saturated rings. The van der Waals surface area contributed by atoms with Gasteiger partial charge in [0.15, 0.2) is 0 Å². The number of anilines is 1. The van der Waals surface area contributed by atoms with Gasteiger partial charge in [0.25, 0.3) is 0 Å². The molecule has 1 aromatic heterocycles. The van der Waals surface area contributed by atoms with Gasteiger partial charge in [0.05, 0.1) is 0 Å². The number of nitrogens with one attached hydrogen (secondary N) is 1. The SMILES string of the molecule is O=C(CCc1ccsc1)NC1CCN(c2ccccc2)C1=O. The molecule has 1 aromatic carbocycles. The number of carbonyl (C=O) groups excluding carboxylic acids is 2. The van der Waals surface area contributed by atoms with Crippen molar-refractivity contribution in [3.8, 4) is 0 Å². The molecule has 1 atom stereocenters. The van der Waals surface area contributed by atoms with E-state index >= 15 is 0 Å². The van der Waals surface area contributed by atoms with Crippen molar-refractivity contribution in [2.45, 2.75) is 25.3 Å². The van der Waals surface area contributed by atoms with Crippen molar-refractivity contribution >= 4 is 28.8 Å². The van der Waals surface area contributed by atoms with Crippen LogP contribution in [0.25, 0.3) is 0 Å². The molecule has 5 heteroatoms. The Morgan fingerprint density at radius 2 is 2.09 bits per heavy atom. The highest BCUT2D eigenvalue weighted by Gasteiger charge is 2.33. The summed E-state index contributed by atoms with van der Waals surface area (Å²) >= 11 is 1.63. The summed E-state index contributed by atoms with van der Waals surface area (Å²) in [4.78, 5) is 26.1. The highest BCUT2D eigenvalue weighted by molar-refractivity contribution is 7.07. The lowest BCUT2D eigenvalue weighted by molar-refractivity contribution is -0.126. The second-order valence-corrected chi connectivity index (χ2v) is 6.15. The van der Waals surface area contributed by atoms with Crippen molar-refractivity contribution < 1.29 is 9.59 Å². The van der Waals surface area contributed by atoms with E-state index in [4.69, 9.17) is 0 Å². The van der Waals surface area contributed by atoms with E-state index in [9.17, 15) is 9.59 Å². The maximum Gasteiger partial charge on any atom is 0.249 e. The molecule has 2 aromatic rings. The lowest BCUT2D eigenvalue weighted by atomic mass is 10.1. The largest absolute Gasteiger partial charge is 0.344 e. The first-order chi connectivity index (χ1) is 10.7. The number of benzene rings is 1. The lowest BCUT2D eigenvalue weighted by Gasteiger charge is -2.17. The van der Waals surface area contributed by atoms with Gasteiger partial charge >= 0.3 is 0 Å². The number of hydrogen-bond donors (Lipinski definition) is 1. The van der Waals surface area contributed by atoms with Crippen LogP contribution in [0, 0.1) is 0 Å². The van der Waals surface area contributed by atoms with Crippen LogP contribution in [0.2, 0.25) is 0 Å². The van der Waals surface area contributed by atoms with E-state index in [1.807, 2.05) is 47.2 Å². The van der Waals surface area contributed by atoms with Crippen LogP contribution in [0.1, 0.15) is 18.4 Å². The van der Waals surface area contributed by atoms with Crippen LogP contribution in [0.15, 0.2) is 47.2 Å². The molecule has 4 nitrogen and oxygen atoms in total. The van der Waals surface area contributed by atoms with Crippen molar-refractivity contribution in [1.29, 1.82) is 0 Å². The molecule has 0 saturated carbocycles. The number of thiophene rings is 1. The summed E-state index contributed by atoms with van der Waals surface area (Å²) < 4.78 is 0. The molecule has 114 valence electrons. The Morgan fingerprint density at radius 1 is 1.27 bits per heavy atom. The molecule has 3 rings (SSSR count). The van der Waals surface area contributed by atoms with E-state index in [-0.39, 0.29) is 11.8 Å². The molecule has 0 radical (unpaired) electrons. The standard InChI is InChI=1S/C17H18N2O2S/c20-16(7-6-13-9-11-22-12-13)18-15-8-10-19(17(15)21)14-4-2-1-3-5-14/h1-5,9,11-12,15H,6-8,10H2,(H,18,20). The quantitative estimate of drug-likeness (QED) is 0.922. The zero-order chi connectivity index (χ0) is 15.4. The zero-order valence-corrected chi connectivity index (χ0v) is 13.0. The normalized spacial score (nSPS) is 17.7. The lowest BCUT2D eigenvalue weighted by Crippen LogP contribution is -2.41. The summed E-state index contributed by atoms with van der Waals surface area (Å²) in [6, 6.07) is 11.2. The van der Waals surface area contributed by atoms with Crippen molar-refractivity contribution in [1.82, 2.24) is 5.32 Å². The third-order valence-electron chi connectivity index (χ3n) is 3.83. The third kappa shape index (κ3) is 3.36. The van der Waals surface area contributed by atoms with E-state index in [1.165, 1.54) is 5.56 Å². The Kier molecular flexibility index (Phi) is 4.53. The maximum atomic E-state index is 12.4. The van der Waals surface area contributed by atoms with Crippen molar-refractivity contribution in [2.24, 2.45) is 0 Å². The van der Waals surface area contributed by atoms with Gasteiger partial charge < -0.3 is 10.2 Å². The van der Waals surface area contributed by atoms with Gasteiger partial charge in [-0.25, -0.2) is 0 Å². The van der Waals surface area contributed by atoms with Gasteiger partial charge in [0.1, 0.15) is 6.04 Å². The fourth-order valence-corrected chi connectivity index (χ4v) is 3.34. The van der Waals surface area contributed by atoms with Crippen LogP contribution in [0.4, 0.5) is 5.69 Å². The van der Waals surface area contributed by atoms with E-state index in [0.717, 1.165) is 12.1 Å². The highest BCUT2D eigenvalue weighted by Crippen LogP contribution is 2.21. The first kappa shape index (κ1) is 14.8. The molecule has 0 aliphatic carbocycles. The van der Waals surface area contributed by atoms with Gasteiger partial charge in [-0.15, -0.1) is 0 Å². The molecule has 0 spiro atoms. The first-order valence-electron chi connectivity index (χ1n) is 7.41. The van der Waals surface area contributed by atoms with E-state index in [2.05, 4.69) is 5.32 Å². The summed E-state index contributed by atoms with van der Waals surface area (Å²) in [5.74, 6) is -0.0745. The number of carbonyl (C=O) groups is 2. The summed E-state index contributed by atoms with van der Waals surface area (Å²) in [5.41, 5.74) is 2.06. The maximum absolute atomic E-state index is 12.4. The van der Waals surface area contributed by atoms with Gasteiger partial charge in [-0.05, 0) is 47.4 Å². The molecule has 0 bridgehead atoms. The minimum atomic E-state index is -0.393. The number of hydrogen-bond acceptors (Lipinski definition) is 3. The molecular formula is C17H18N2O2S. The van der Waals surface area contributed by atoms with Gasteiger partial charge in [-0.1, -0.05) is 18.2 Å². The van der Waals surface area contributed by atoms with E-state index in [1.54, 1.807) is 16.2 Å². The number of nitrogens with zero attached hydrogens (tertiary/aromatic N) is 1. The van der Waals surface area contributed by atoms with E-state index < -0.39 is 6.04 Å². The van der Waals surface area contributed by atoms with Crippen LogP contribution in [-0.4, -0.2) is 24.4 Å². The summed E-state index contributed by atoms with van der Waals surface area (Å²) in [7, 11) is 0. The Morgan fingerprint density at radius 3 is 2.82 bits per heavy atom. The van der Waals surface area contributed by atoms with Gasteiger partial charge in [0.2, 0.25) is 11.8 Å². The summed E-state index contributed by atoms with van der Waals surface area (Å²) in [6.45, 7) is 0.651. The zero-order valence-electron chi connectivity index (χ0n) is 12.2. The second-order valence-electron chi connectivity index (χ2n) is 5.37. The number of rotatable bonds is 5. The fourth-order valence-electron chi connectivity index (χ4n) is 2.64. The Hall–Kier alpha value is -2.14. The molecule has 1 N–H and O–H groups in total. The third-order valence-corrected chi connectivity index (χ3v) is 4.56. The van der Waals surface area contributed by atoms with Crippen LogP contribution >= 0.6 is 11.3 Å². The molecular weight excluding hydrogens is 296 g/mol. The highest BCUT2D eigenvalue weighted by atomic mass is 32.1. The monoisotopic (exact) mass is 314 g/mol. The molecule has 1 aliphatic rings. The van der Waals surface area contributed by atoms with Crippen LogP contribution in [0.5, 0.6) is 0 Å². The van der Waals surface area contributed by atoms with Crippen molar-refractivity contribution in [2.75, 3.05) is 11.4 Å². The second kappa shape index (κ2) is 6.75. The van der Waals surface area contributed by atoms with Gasteiger partial charge in [-0.3, -0.25) is 9.59 Å². The molecule has 22 heavy (non-hydrogen) atoms. The van der Waals surface area contributed by atoms with Crippen molar-refractivity contribution in [3.05, 3.63) is 52.7 Å². The molecule has 2 heterocycles. The van der Waals surface area contributed by atoms with Gasteiger partial charge in [-0.2, -0.15) is 11.3 Å². The summed E-state index contributed by atoms with van der Waals surface area (Å²) in [5, 5.41) is 6.92. The predicted octanol–water partition coefficient (Wildman–Crippen LogP) is 2.60. The van der Waals surface area contributed by atoms with Gasteiger partial charge in [0, 0.05) is 18.7 Å². The smallest absolute Gasteiger partial charge is 0.249 e. The van der Waals surface area contributed by atoms with Crippen LogP contribution in [-0.2, 0) is 16.0 Å². The molecule has 1 unspecified atom stereocenters. The fraction of sp³-hybridized carbons (Fsp3) is 0.294. The van der Waals surface area contributed by atoms with Crippen LogP contribution in [0.3, 0.4) is 0 Å². The average molecular weight is 314 g/mol. The predicted molar refractivity (Wildman–Crippen MR) is 88.0 cm³/mol. The topological polar surface area (TPSA) is 49.4 Å². The summed E-state index contributed by atoms with van der Waals surface area (Å²) in [6.07, 6.45) is 1.81. The average Bonchev–Trinajstić information content (AvgIpc) is 3.17. The van der Waals surface area contributed by atoms with Crippen molar-refractivity contribution in [3.63, 3.8) is 0 Å². The minimum Gasteiger partial charge on any atom is -0.344 e. The molecule has 1 saturated heterocycles. The number of para-hydroxylation sites is 1. The first-order valence-corrected chi connectivity index (χ1v) is 8.35.